The lowest BCUT2D eigenvalue weighted by Gasteiger charge is -2.02. The summed E-state index contributed by atoms with van der Waals surface area (Å²) in [6, 6.07) is 9.91. The highest BCUT2D eigenvalue weighted by atomic mass is 16.4. The van der Waals surface area contributed by atoms with Crippen LogP contribution in [0.25, 0.3) is 11.4 Å². The van der Waals surface area contributed by atoms with Crippen molar-refractivity contribution < 1.29 is 9.90 Å². The van der Waals surface area contributed by atoms with E-state index < -0.39 is 5.97 Å². The average Bonchev–Trinajstić information content (AvgIpc) is 2.65. The van der Waals surface area contributed by atoms with Crippen LogP contribution < -0.4 is 0 Å². The fourth-order valence-electron chi connectivity index (χ4n) is 1.94. The Hall–Kier alpha value is -2.10. The van der Waals surface area contributed by atoms with Crippen LogP contribution in [-0.4, -0.2) is 20.6 Å². The molecule has 0 aliphatic rings. The van der Waals surface area contributed by atoms with E-state index in [-0.39, 0.29) is 6.42 Å². The van der Waals surface area contributed by atoms with Crippen LogP contribution in [0.1, 0.15) is 17.8 Å². The molecule has 0 unspecified atom stereocenters. The minimum Gasteiger partial charge on any atom is -0.481 e. The summed E-state index contributed by atoms with van der Waals surface area (Å²) in [6.45, 7) is 1.97. The predicted octanol–water partition coefficient (Wildman–Crippen LogP) is 2.41. The first-order valence-corrected chi connectivity index (χ1v) is 5.89. The third-order valence-electron chi connectivity index (χ3n) is 3.09. The summed E-state index contributed by atoms with van der Waals surface area (Å²) in [5, 5.41) is 8.72. The summed E-state index contributed by atoms with van der Waals surface area (Å²) < 4.78 is 2.01. The molecule has 0 aliphatic heterocycles. The van der Waals surface area contributed by atoms with Crippen LogP contribution in [0.3, 0.4) is 0 Å². The third kappa shape index (κ3) is 2.42. The van der Waals surface area contributed by atoms with Crippen LogP contribution in [0, 0.1) is 6.92 Å². The van der Waals surface area contributed by atoms with E-state index in [9.17, 15) is 4.79 Å². The molecule has 2 rings (SSSR count). The summed E-state index contributed by atoms with van der Waals surface area (Å²) in [6.07, 6.45) is 0.591. The van der Waals surface area contributed by atoms with Crippen molar-refractivity contribution in [1.29, 1.82) is 0 Å². The molecule has 0 spiro atoms. The normalized spacial score (nSPS) is 10.6. The fraction of sp³-hybridized carbons (Fsp3) is 0.286. The summed E-state index contributed by atoms with van der Waals surface area (Å²) in [5.74, 6) is 0.0924. The van der Waals surface area contributed by atoms with E-state index in [0.717, 1.165) is 22.8 Å². The molecule has 4 heteroatoms. The number of rotatable bonds is 4. The number of aromatic nitrogens is 2. The molecule has 0 amide bonds. The number of carbonyl (C=O) groups is 1. The standard InChI is InChI=1S/C14H16N2O2/c1-10-12(8-9-13(17)18)15-14(16(10)2)11-6-4-3-5-7-11/h3-7H,8-9H2,1-2H3,(H,17,18). The molecule has 1 N–H and O–H groups in total. The van der Waals surface area contributed by atoms with Gasteiger partial charge in [-0.3, -0.25) is 4.79 Å². The molecule has 1 aromatic heterocycles. The lowest BCUT2D eigenvalue weighted by molar-refractivity contribution is -0.136. The van der Waals surface area contributed by atoms with Crippen molar-refractivity contribution in [2.75, 3.05) is 0 Å². The summed E-state index contributed by atoms with van der Waals surface area (Å²) in [4.78, 5) is 15.2. The highest BCUT2D eigenvalue weighted by Gasteiger charge is 2.13. The van der Waals surface area contributed by atoms with Gasteiger partial charge in [-0.05, 0) is 6.92 Å². The first kappa shape index (κ1) is 12.4. The van der Waals surface area contributed by atoms with E-state index in [1.165, 1.54) is 0 Å². The maximum Gasteiger partial charge on any atom is 0.303 e. The first-order valence-electron chi connectivity index (χ1n) is 5.89. The zero-order valence-corrected chi connectivity index (χ0v) is 10.6. The molecule has 18 heavy (non-hydrogen) atoms. The van der Waals surface area contributed by atoms with Crippen LogP contribution in [0.5, 0.6) is 0 Å². The number of carboxylic acid groups (broad SMARTS) is 1. The molecule has 2 aromatic rings. The van der Waals surface area contributed by atoms with Crippen LogP contribution in [0.2, 0.25) is 0 Å². The molecule has 0 saturated heterocycles. The molecule has 0 radical (unpaired) electrons. The van der Waals surface area contributed by atoms with Crippen molar-refractivity contribution in [3.63, 3.8) is 0 Å². The maximum absolute atomic E-state index is 10.6. The van der Waals surface area contributed by atoms with E-state index in [1.54, 1.807) is 0 Å². The lowest BCUT2D eigenvalue weighted by atomic mass is 10.2. The molecule has 0 aliphatic carbocycles. The topological polar surface area (TPSA) is 55.1 Å². The van der Waals surface area contributed by atoms with Crippen LogP contribution >= 0.6 is 0 Å². The Labute approximate surface area is 106 Å². The SMILES string of the molecule is Cc1c(CCC(=O)O)nc(-c2ccccc2)n1C. The highest BCUT2D eigenvalue weighted by molar-refractivity contribution is 5.67. The second-order valence-corrected chi connectivity index (χ2v) is 4.29. The Bertz CT molecular complexity index is 559. The van der Waals surface area contributed by atoms with Crippen molar-refractivity contribution in [3.05, 3.63) is 41.7 Å². The van der Waals surface area contributed by atoms with Gasteiger partial charge in [0.1, 0.15) is 5.82 Å². The summed E-state index contributed by atoms with van der Waals surface area (Å²) >= 11 is 0. The monoisotopic (exact) mass is 244 g/mol. The number of aryl methyl sites for hydroxylation is 1. The second-order valence-electron chi connectivity index (χ2n) is 4.29. The number of carboxylic acids is 1. The zero-order valence-electron chi connectivity index (χ0n) is 10.6. The van der Waals surface area contributed by atoms with E-state index >= 15 is 0 Å². The predicted molar refractivity (Wildman–Crippen MR) is 69.3 cm³/mol. The van der Waals surface area contributed by atoms with E-state index in [4.69, 9.17) is 5.11 Å². The largest absolute Gasteiger partial charge is 0.481 e. The maximum atomic E-state index is 10.6. The zero-order chi connectivity index (χ0) is 13.1. The molecule has 1 aromatic carbocycles. The van der Waals surface area contributed by atoms with Gasteiger partial charge in [-0.1, -0.05) is 30.3 Å². The number of hydrogen-bond acceptors (Lipinski definition) is 2. The van der Waals surface area contributed by atoms with Gasteiger partial charge in [0.05, 0.1) is 12.1 Å². The van der Waals surface area contributed by atoms with Crippen LogP contribution in [-0.2, 0) is 18.3 Å². The number of aliphatic carboxylic acids is 1. The van der Waals surface area contributed by atoms with Crippen LogP contribution in [0.15, 0.2) is 30.3 Å². The quantitative estimate of drug-likeness (QED) is 0.898. The number of nitrogens with zero attached hydrogens (tertiary/aromatic N) is 2. The Morgan fingerprint density at radius 2 is 2.00 bits per heavy atom. The molecule has 0 fully saturated rings. The van der Waals surface area contributed by atoms with Crippen molar-refractivity contribution >= 4 is 5.97 Å². The van der Waals surface area contributed by atoms with Gasteiger partial charge in [0.25, 0.3) is 0 Å². The average molecular weight is 244 g/mol. The van der Waals surface area contributed by atoms with Gasteiger partial charge >= 0.3 is 5.97 Å². The summed E-state index contributed by atoms with van der Waals surface area (Å²) in [7, 11) is 1.95. The van der Waals surface area contributed by atoms with E-state index in [2.05, 4.69) is 4.98 Å². The van der Waals surface area contributed by atoms with E-state index in [1.807, 2.05) is 48.9 Å². The van der Waals surface area contributed by atoms with Gasteiger partial charge in [-0.25, -0.2) is 4.98 Å². The van der Waals surface area contributed by atoms with Gasteiger partial charge in [-0.15, -0.1) is 0 Å². The summed E-state index contributed by atoms with van der Waals surface area (Å²) in [5.41, 5.74) is 2.93. The third-order valence-corrected chi connectivity index (χ3v) is 3.09. The van der Waals surface area contributed by atoms with Crippen LogP contribution in [0.4, 0.5) is 0 Å². The van der Waals surface area contributed by atoms with Gasteiger partial charge in [0, 0.05) is 24.7 Å². The van der Waals surface area contributed by atoms with Crippen molar-refractivity contribution in [1.82, 2.24) is 9.55 Å². The molecule has 4 nitrogen and oxygen atoms in total. The van der Waals surface area contributed by atoms with Gasteiger partial charge < -0.3 is 9.67 Å². The first-order chi connectivity index (χ1) is 8.59. The lowest BCUT2D eigenvalue weighted by Crippen LogP contribution is -1.99. The Morgan fingerprint density at radius 3 is 2.61 bits per heavy atom. The van der Waals surface area contributed by atoms with Gasteiger partial charge in [0.2, 0.25) is 0 Å². The van der Waals surface area contributed by atoms with Crippen molar-refractivity contribution in [2.24, 2.45) is 7.05 Å². The molecule has 1 heterocycles. The molecule has 0 bridgehead atoms. The second kappa shape index (κ2) is 5.04. The Kier molecular flexibility index (Phi) is 3.46. The minimum absolute atomic E-state index is 0.117. The number of hydrogen-bond donors (Lipinski definition) is 1. The highest BCUT2D eigenvalue weighted by Crippen LogP contribution is 2.21. The Balaban J connectivity index is 2.33. The molecule has 94 valence electrons. The molecular weight excluding hydrogens is 228 g/mol. The van der Waals surface area contributed by atoms with Crippen molar-refractivity contribution in [3.8, 4) is 11.4 Å². The smallest absolute Gasteiger partial charge is 0.303 e. The van der Waals surface area contributed by atoms with Crippen molar-refractivity contribution in [2.45, 2.75) is 19.8 Å². The Morgan fingerprint density at radius 1 is 1.33 bits per heavy atom. The van der Waals surface area contributed by atoms with Gasteiger partial charge in [-0.2, -0.15) is 0 Å². The number of imidazole rings is 1. The molecule has 0 saturated carbocycles. The fourth-order valence-corrected chi connectivity index (χ4v) is 1.94. The van der Waals surface area contributed by atoms with Gasteiger partial charge in [0.15, 0.2) is 0 Å². The number of benzene rings is 1. The minimum atomic E-state index is -0.790. The molecular formula is C14H16N2O2. The van der Waals surface area contributed by atoms with E-state index in [0.29, 0.717) is 6.42 Å². The molecule has 0 atom stereocenters.